The number of ether oxygens (including phenoxy) is 1. The van der Waals surface area contributed by atoms with E-state index in [0.717, 1.165) is 22.4 Å². The number of aromatic hydroxyl groups is 1. The van der Waals surface area contributed by atoms with Crippen LogP contribution in [-0.4, -0.2) is 53.8 Å². The SMILES string of the molecule is Cc1ccc(Cn2c(O)c(N=NC(=S)Nc3ccc(C)cc3)c3cc(S(=O)(=O)N4CCOCC4)ccc32)cc1. The number of hydrogen-bond acceptors (Lipinski definition) is 6. The number of morpholine rings is 1. The topological polar surface area (TPSA) is 109 Å². The van der Waals surface area contributed by atoms with Gasteiger partial charge in [0.2, 0.25) is 21.0 Å². The minimum absolute atomic E-state index is 0.106. The Hall–Kier alpha value is -3.64. The highest BCUT2D eigenvalue weighted by atomic mass is 32.2. The number of anilines is 1. The van der Waals surface area contributed by atoms with Gasteiger partial charge in [-0.3, -0.25) is 0 Å². The summed E-state index contributed by atoms with van der Waals surface area (Å²) in [5, 5.41) is 23.3. The van der Waals surface area contributed by atoms with Crippen LogP contribution < -0.4 is 5.32 Å². The van der Waals surface area contributed by atoms with Gasteiger partial charge in [0.05, 0.1) is 30.2 Å². The van der Waals surface area contributed by atoms with E-state index >= 15 is 0 Å². The molecule has 1 fully saturated rings. The lowest BCUT2D eigenvalue weighted by Gasteiger charge is -2.26. The van der Waals surface area contributed by atoms with Crippen molar-refractivity contribution in [2.24, 2.45) is 10.2 Å². The van der Waals surface area contributed by atoms with Crippen molar-refractivity contribution in [2.45, 2.75) is 25.3 Å². The zero-order valence-electron chi connectivity index (χ0n) is 21.7. The molecular weight excluding hydrogens is 534 g/mol. The van der Waals surface area contributed by atoms with Crippen molar-refractivity contribution in [2.75, 3.05) is 31.6 Å². The lowest BCUT2D eigenvalue weighted by molar-refractivity contribution is 0.0730. The summed E-state index contributed by atoms with van der Waals surface area (Å²) in [6, 6.07) is 20.4. The predicted octanol–water partition coefficient (Wildman–Crippen LogP) is 5.51. The van der Waals surface area contributed by atoms with Crippen molar-refractivity contribution in [3.8, 4) is 5.88 Å². The Morgan fingerprint density at radius 1 is 1.00 bits per heavy atom. The Kier molecular flexibility index (Phi) is 7.76. The maximum Gasteiger partial charge on any atom is 0.243 e. The van der Waals surface area contributed by atoms with Crippen molar-refractivity contribution in [1.29, 1.82) is 0 Å². The van der Waals surface area contributed by atoms with E-state index < -0.39 is 10.0 Å². The van der Waals surface area contributed by atoms with Crippen LogP contribution in [0.1, 0.15) is 16.7 Å². The molecule has 1 aliphatic heterocycles. The molecule has 9 nitrogen and oxygen atoms in total. The maximum atomic E-state index is 13.4. The van der Waals surface area contributed by atoms with Gasteiger partial charge < -0.3 is 19.7 Å². The van der Waals surface area contributed by atoms with Gasteiger partial charge in [-0.1, -0.05) is 47.5 Å². The summed E-state index contributed by atoms with van der Waals surface area (Å²) in [6.45, 7) is 5.62. The number of aryl methyl sites for hydroxylation is 2. The fourth-order valence-corrected chi connectivity index (χ4v) is 6.01. The molecule has 0 bridgehead atoms. The average molecular weight is 564 g/mol. The molecule has 1 aliphatic rings. The first-order chi connectivity index (χ1) is 18.7. The van der Waals surface area contributed by atoms with Crippen LogP contribution in [0.3, 0.4) is 0 Å². The van der Waals surface area contributed by atoms with E-state index in [1.807, 2.05) is 62.4 Å². The number of benzene rings is 3. The first-order valence-electron chi connectivity index (χ1n) is 12.5. The van der Waals surface area contributed by atoms with E-state index in [0.29, 0.717) is 30.7 Å². The predicted molar refractivity (Wildman–Crippen MR) is 155 cm³/mol. The van der Waals surface area contributed by atoms with Gasteiger partial charge in [-0.2, -0.15) is 4.31 Å². The molecule has 1 aromatic heterocycles. The number of rotatable bonds is 6. The Balaban J connectivity index is 1.54. The van der Waals surface area contributed by atoms with Crippen molar-refractivity contribution in [3.63, 3.8) is 0 Å². The number of aromatic nitrogens is 1. The molecule has 39 heavy (non-hydrogen) atoms. The third-order valence-corrected chi connectivity index (χ3v) is 8.67. The molecule has 2 heterocycles. The molecule has 0 atom stereocenters. The van der Waals surface area contributed by atoms with Gasteiger partial charge in [-0.05, 0) is 62.0 Å². The molecule has 4 aromatic rings. The second-order valence-electron chi connectivity index (χ2n) is 9.44. The Morgan fingerprint density at radius 2 is 1.64 bits per heavy atom. The first kappa shape index (κ1) is 26.9. The van der Waals surface area contributed by atoms with Crippen LogP contribution in [0.25, 0.3) is 10.9 Å². The fourth-order valence-electron chi connectivity index (χ4n) is 4.41. The molecular formula is C28H29N5O4S2. The fraction of sp³-hybridized carbons (Fsp3) is 0.250. The van der Waals surface area contributed by atoms with Crippen LogP contribution in [0.4, 0.5) is 11.4 Å². The normalized spacial score (nSPS) is 14.7. The monoisotopic (exact) mass is 563 g/mol. The van der Waals surface area contributed by atoms with Crippen molar-refractivity contribution in [1.82, 2.24) is 8.87 Å². The molecule has 202 valence electrons. The molecule has 0 unspecified atom stereocenters. The molecule has 0 spiro atoms. The van der Waals surface area contributed by atoms with Crippen LogP contribution >= 0.6 is 12.2 Å². The van der Waals surface area contributed by atoms with E-state index in [4.69, 9.17) is 17.0 Å². The minimum atomic E-state index is -3.76. The van der Waals surface area contributed by atoms with E-state index in [-0.39, 0.29) is 34.7 Å². The minimum Gasteiger partial charge on any atom is -0.493 e. The van der Waals surface area contributed by atoms with Gasteiger partial charge in [-0.15, -0.1) is 10.2 Å². The highest BCUT2D eigenvalue weighted by Crippen LogP contribution is 2.40. The molecule has 1 saturated heterocycles. The van der Waals surface area contributed by atoms with E-state index in [1.54, 1.807) is 16.7 Å². The van der Waals surface area contributed by atoms with Gasteiger partial charge in [0.1, 0.15) is 0 Å². The van der Waals surface area contributed by atoms with Crippen LogP contribution in [0.2, 0.25) is 0 Å². The maximum absolute atomic E-state index is 13.4. The van der Waals surface area contributed by atoms with Gasteiger partial charge in [0.15, 0.2) is 5.69 Å². The quantitative estimate of drug-likeness (QED) is 0.236. The smallest absolute Gasteiger partial charge is 0.243 e. The second kappa shape index (κ2) is 11.2. The van der Waals surface area contributed by atoms with Gasteiger partial charge in [0.25, 0.3) is 0 Å². The molecule has 0 radical (unpaired) electrons. The number of fused-ring (bicyclic) bond motifs is 1. The standard InChI is InChI=1S/C28H29N5O4S2/c1-19-3-7-21(8-4-19)18-33-25-12-11-23(39(35,36)32-13-15-37-16-14-32)17-24(25)26(27(33)34)30-31-28(38)29-22-9-5-20(2)6-10-22/h3-12,17,34H,13-16,18H2,1-2H3,(H,29,38). The Bertz CT molecular complexity index is 1640. The van der Waals surface area contributed by atoms with Crippen LogP contribution in [0, 0.1) is 13.8 Å². The molecule has 11 heteroatoms. The summed E-state index contributed by atoms with van der Waals surface area (Å²) in [6.07, 6.45) is 0. The summed E-state index contributed by atoms with van der Waals surface area (Å²) >= 11 is 5.35. The zero-order chi connectivity index (χ0) is 27.6. The molecule has 3 aromatic carbocycles. The summed E-state index contributed by atoms with van der Waals surface area (Å²) < 4.78 is 35.1. The van der Waals surface area contributed by atoms with Crippen LogP contribution in [-0.2, 0) is 21.3 Å². The van der Waals surface area contributed by atoms with Crippen molar-refractivity contribution >= 4 is 49.6 Å². The third-order valence-electron chi connectivity index (χ3n) is 6.59. The van der Waals surface area contributed by atoms with Gasteiger partial charge in [-0.25, -0.2) is 8.42 Å². The summed E-state index contributed by atoms with van der Waals surface area (Å²) in [7, 11) is -3.76. The van der Waals surface area contributed by atoms with E-state index in [1.165, 1.54) is 10.4 Å². The van der Waals surface area contributed by atoms with Crippen molar-refractivity contribution < 1.29 is 18.3 Å². The number of azo groups is 1. The van der Waals surface area contributed by atoms with Crippen molar-refractivity contribution in [3.05, 3.63) is 83.4 Å². The number of nitrogens with one attached hydrogen (secondary N) is 1. The third kappa shape index (κ3) is 5.86. The molecule has 5 rings (SSSR count). The zero-order valence-corrected chi connectivity index (χ0v) is 23.3. The van der Waals surface area contributed by atoms with Gasteiger partial charge in [0, 0.05) is 24.2 Å². The second-order valence-corrected chi connectivity index (χ2v) is 11.8. The molecule has 0 aliphatic carbocycles. The summed E-state index contributed by atoms with van der Waals surface area (Å²) in [5.41, 5.74) is 4.74. The van der Waals surface area contributed by atoms with Gasteiger partial charge >= 0.3 is 0 Å². The Morgan fingerprint density at radius 3 is 2.31 bits per heavy atom. The number of nitrogens with zero attached hydrogens (tertiary/aromatic N) is 4. The highest BCUT2D eigenvalue weighted by molar-refractivity contribution is 7.89. The number of hydrogen-bond donors (Lipinski definition) is 2. The molecule has 0 amide bonds. The van der Waals surface area contributed by atoms with E-state index in [9.17, 15) is 13.5 Å². The Labute approximate surface area is 232 Å². The number of sulfonamides is 1. The summed E-state index contributed by atoms with van der Waals surface area (Å²) in [4.78, 5) is 0.112. The van der Waals surface area contributed by atoms with Crippen LogP contribution in [0.5, 0.6) is 5.88 Å². The first-order valence-corrected chi connectivity index (χ1v) is 14.4. The average Bonchev–Trinajstić information content (AvgIpc) is 3.20. The lowest BCUT2D eigenvalue weighted by Crippen LogP contribution is -2.40. The number of thiocarbonyl (C=S) groups is 1. The highest BCUT2D eigenvalue weighted by Gasteiger charge is 2.28. The van der Waals surface area contributed by atoms with Crippen LogP contribution in [0.15, 0.2) is 81.9 Å². The molecule has 0 saturated carbocycles. The summed E-state index contributed by atoms with van der Waals surface area (Å²) in [5.74, 6) is -0.131. The largest absolute Gasteiger partial charge is 0.493 e. The van der Waals surface area contributed by atoms with E-state index in [2.05, 4.69) is 15.5 Å². The molecule has 2 N–H and O–H groups in total. The lowest BCUT2D eigenvalue weighted by atomic mass is 10.1.